The van der Waals surface area contributed by atoms with Gasteiger partial charge >= 0.3 is 11.9 Å². The monoisotopic (exact) mass is 424 g/mol. The van der Waals surface area contributed by atoms with Crippen LogP contribution in [0.25, 0.3) is 0 Å². The van der Waals surface area contributed by atoms with Crippen LogP contribution in [0.3, 0.4) is 0 Å². The Balaban J connectivity index is 1.75. The van der Waals surface area contributed by atoms with Crippen LogP contribution < -0.4 is 0 Å². The number of rotatable bonds is 6. The van der Waals surface area contributed by atoms with Gasteiger partial charge in [-0.25, -0.2) is 0 Å². The molecular formula is C24H24O5S. The molecule has 2 aliphatic rings. The predicted octanol–water partition coefficient (Wildman–Crippen LogP) is 3.58. The minimum atomic E-state index is -1.79. The molecule has 30 heavy (non-hydrogen) atoms. The summed E-state index contributed by atoms with van der Waals surface area (Å²) in [5.74, 6) is -2.53. The molecule has 6 heteroatoms. The third-order valence-corrected chi connectivity index (χ3v) is 8.12. The summed E-state index contributed by atoms with van der Waals surface area (Å²) in [5, 5.41) is 0. The molecule has 2 aromatic rings. The maximum Gasteiger partial charge on any atom is 0.327 e. The second-order valence-corrected chi connectivity index (χ2v) is 9.51. The number of ether oxygens (including phenoxy) is 2. The largest absolute Gasteiger partial charge is 0.469 e. The summed E-state index contributed by atoms with van der Waals surface area (Å²) in [6.45, 7) is 2.00. The van der Waals surface area contributed by atoms with Crippen molar-refractivity contribution in [3.8, 4) is 0 Å². The van der Waals surface area contributed by atoms with Crippen LogP contribution in [0.4, 0.5) is 0 Å². The first-order valence-corrected chi connectivity index (χ1v) is 11.1. The van der Waals surface area contributed by atoms with Crippen LogP contribution >= 0.6 is 0 Å². The van der Waals surface area contributed by atoms with Gasteiger partial charge in [0.25, 0.3) is 0 Å². The first kappa shape index (κ1) is 20.5. The smallest absolute Gasteiger partial charge is 0.327 e. The van der Waals surface area contributed by atoms with E-state index in [-0.39, 0.29) is 18.4 Å². The highest BCUT2D eigenvalue weighted by Crippen LogP contribution is 2.56. The number of hydrogen-bond donors (Lipinski definition) is 0. The van der Waals surface area contributed by atoms with E-state index in [1.807, 2.05) is 61.5 Å². The summed E-state index contributed by atoms with van der Waals surface area (Å²) in [5.41, 5.74) is 1.85. The number of fused-ring (bicyclic) bond motifs is 2. The Hall–Kier alpha value is -2.73. The van der Waals surface area contributed by atoms with Crippen LogP contribution in [0.15, 0.2) is 71.6 Å². The average Bonchev–Trinajstić information content (AvgIpc) is 3.38. The van der Waals surface area contributed by atoms with E-state index in [1.165, 1.54) is 7.11 Å². The Bertz CT molecular complexity index is 998. The molecular weight excluding hydrogens is 400 g/mol. The van der Waals surface area contributed by atoms with E-state index in [0.29, 0.717) is 11.3 Å². The van der Waals surface area contributed by atoms with Gasteiger partial charge in [0.15, 0.2) is 4.75 Å². The van der Waals surface area contributed by atoms with Crippen molar-refractivity contribution in [3.05, 3.63) is 77.9 Å². The molecule has 0 spiro atoms. The molecule has 0 amide bonds. The summed E-state index contributed by atoms with van der Waals surface area (Å²) < 4.78 is 23.1. The van der Waals surface area contributed by atoms with Crippen molar-refractivity contribution in [2.24, 2.45) is 17.8 Å². The van der Waals surface area contributed by atoms with Gasteiger partial charge in [0, 0.05) is 10.8 Å². The fourth-order valence-electron chi connectivity index (χ4n) is 4.62. The summed E-state index contributed by atoms with van der Waals surface area (Å²) in [7, 11) is -0.493. The van der Waals surface area contributed by atoms with Crippen molar-refractivity contribution in [2.75, 3.05) is 7.11 Å². The van der Waals surface area contributed by atoms with E-state index in [0.717, 1.165) is 11.1 Å². The first-order valence-electron chi connectivity index (χ1n) is 9.94. The van der Waals surface area contributed by atoms with Crippen molar-refractivity contribution in [1.29, 1.82) is 0 Å². The number of methoxy groups -OCH3 is 1. The second-order valence-electron chi connectivity index (χ2n) is 7.83. The topological polar surface area (TPSA) is 69.7 Å². The molecule has 2 aromatic carbocycles. The third kappa shape index (κ3) is 3.29. The van der Waals surface area contributed by atoms with Crippen LogP contribution in [-0.2, 0) is 36.5 Å². The molecule has 0 aromatic heterocycles. The van der Waals surface area contributed by atoms with E-state index < -0.39 is 33.4 Å². The number of carbonyl (C=O) groups is 2. The van der Waals surface area contributed by atoms with Gasteiger partial charge in [0.2, 0.25) is 0 Å². The normalized spacial score (nSPS) is 27.6. The number of aryl methyl sites for hydroxylation is 1. The molecule has 1 saturated carbocycles. The van der Waals surface area contributed by atoms with Crippen LogP contribution in [0.5, 0.6) is 0 Å². The summed E-state index contributed by atoms with van der Waals surface area (Å²) in [6.07, 6.45) is 4.42. The van der Waals surface area contributed by atoms with E-state index in [2.05, 4.69) is 0 Å². The molecule has 0 heterocycles. The van der Waals surface area contributed by atoms with Crippen LogP contribution in [0.2, 0.25) is 0 Å². The van der Waals surface area contributed by atoms with Crippen LogP contribution in [-0.4, -0.2) is 28.0 Å². The molecule has 0 aliphatic heterocycles. The number of allylic oxidation sites excluding steroid dienone is 2. The van der Waals surface area contributed by atoms with Crippen molar-refractivity contribution in [2.45, 2.75) is 29.6 Å². The second kappa shape index (κ2) is 8.19. The van der Waals surface area contributed by atoms with Gasteiger partial charge in [-0.3, -0.25) is 13.8 Å². The van der Waals surface area contributed by atoms with Gasteiger partial charge in [0.1, 0.15) is 6.61 Å². The Labute approximate surface area is 178 Å². The third-order valence-electron chi connectivity index (χ3n) is 6.09. The lowest BCUT2D eigenvalue weighted by molar-refractivity contribution is -0.158. The predicted molar refractivity (Wildman–Crippen MR) is 113 cm³/mol. The molecule has 0 saturated heterocycles. The van der Waals surface area contributed by atoms with Gasteiger partial charge in [-0.1, -0.05) is 60.2 Å². The molecule has 1 unspecified atom stereocenters. The van der Waals surface area contributed by atoms with Crippen molar-refractivity contribution in [3.63, 3.8) is 0 Å². The lowest BCUT2D eigenvalue weighted by atomic mass is 9.82. The van der Waals surface area contributed by atoms with Crippen molar-refractivity contribution < 1.29 is 23.3 Å². The van der Waals surface area contributed by atoms with E-state index in [4.69, 9.17) is 9.47 Å². The summed E-state index contributed by atoms with van der Waals surface area (Å²) in [6, 6.07) is 16.5. The molecule has 1 fully saturated rings. The lowest BCUT2D eigenvalue weighted by Crippen LogP contribution is -2.56. The summed E-state index contributed by atoms with van der Waals surface area (Å²) in [4.78, 5) is 26.9. The zero-order valence-electron chi connectivity index (χ0n) is 16.9. The minimum Gasteiger partial charge on any atom is -0.469 e. The van der Waals surface area contributed by atoms with E-state index in [1.54, 1.807) is 12.1 Å². The lowest BCUT2D eigenvalue weighted by Gasteiger charge is -2.37. The number of hydrogen-bond acceptors (Lipinski definition) is 5. The van der Waals surface area contributed by atoms with Crippen molar-refractivity contribution in [1.82, 2.24) is 0 Å². The molecule has 2 aliphatic carbocycles. The SMILES string of the molecule is COC(=O)[C@H]1[C@H]2C=C[C@H](C2)[C@]1(C(=O)OCc1ccccc1)S(=O)c1ccc(C)cc1. The molecule has 5 nitrogen and oxygen atoms in total. The number of benzene rings is 2. The van der Waals surface area contributed by atoms with Gasteiger partial charge in [-0.15, -0.1) is 0 Å². The van der Waals surface area contributed by atoms with Gasteiger partial charge in [0.05, 0.1) is 23.8 Å². The zero-order chi connectivity index (χ0) is 21.3. The summed E-state index contributed by atoms with van der Waals surface area (Å²) >= 11 is 0. The highest BCUT2D eigenvalue weighted by Gasteiger charge is 2.68. The van der Waals surface area contributed by atoms with Gasteiger partial charge < -0.3 is 9.47 Å². The average molecular weight is 425 g/mol. The number of esters is 2. The highest BCUT2D eigenvalue weighted by molar-refractivity contribution is 7.87. The zero-order valence-corrected chi connectivity index (χ0v) is 17.8. The quantitative estimate of drug-likeness (QED) is 0.524. The standard InChI is InChI=1S/C24H24O5S/c1-16-8-12-20(13-9-16)30(27)24(23(26)29-15-17-6-4-3-5-7-17)19-11-10-18(14-19)21(24)22(25)28-2/h3-13,18-19,21H,14-15H2,1-2H3/t18-,19+,21+,24-,30?/m0/s1. The Morgan fingerprint density at radius 2 is 1.77 bits per heavy atom. The highest BCUT2D eigenvalue weighted by atomic mass is 32.2. The molecule has 0 N–H and O–H groups in total. The maximum absolute atomic E-state index is 13.9. The molecule has 156 valence electrons. The van der Waals surface area contributed by atoms with E-state index in [9.17, 15) is 13.8 Å². The fraction of sp³-hybridized carbons (Fsp3) is 0.333. The molecule has 5 atom stereocenters. The Morgan fingerprint density at radius 1 is 1.07 bits per heavy atom. The number of carbonyl (C=O) groups excluding carboxylic acids is 2. The molecule has 0 radical (unpaired) electrons. The van der Waals surface area contributed by atoms with Crippen LogP contribution in [0.1, 0.15) is 17.5 Å². The fourth-order valence-corrected chi connectivity index (χ4v) is 6.55. The van der Waals surface area contributed by atoms with Gasteiger partial charge in [-0.2, -0.15) is 0 Å². The Kier molecular flexibility index (Phi) is 5.60. The maximum atomic E-state index is 13.9. The minimum absolute atomic E-state index is 0.0571. The van der Waals surface area contributed by atoms with Crippen molar-refractivity contribution >= 4 is 22.7 Å². The van der Waals surface area contributed by atoms with Gasteiger partial charge in [-0.05, 0) is 37.0 Å². The first-order chi connectivity index (χ1) is 14.5. The molecule has 2 bridgehead atoms. The Morgan fingerprint density at radius 3 is 2.43 bits per heavy atom. The molecule has 4 rings (SSSR count). The van der Waals surface area contributed by atoms with E-state index >= 15 is 0 Å². The van der Waals surface area contributed by atoms with Crippen LogP contribution in [0, 0.1) is 24.7 Å².